The summed E-state index contributed by atoms with van der Waals surface area (Å²) in [4.78, 5) is 21.3. The van der Waals surface area contributed by atoms with Gasteiger partial charge in [-0.15, -0.1) is 11.8 Å². The van der Waals surface area contributed by atoms with Gasteiger partial charge in [-0.3, -0.25) is 4.79 Å². The van der Waals surface area contributed by atoms with Crippen molar-refractivity contribution in [2.75, 3.05) is 25.6 Å². The van der Waals surface area contributed by atoms with Gasteiger partial charge in [-0.25, -0.2) is 9.97 Å². The van der Waals surface area contributed by atoms with Crippen LogP contribution in [0.2, 0.25) is 0 Å². The van der Waals surface area contributed by atoms with Crippen LogP contribution in [-0.2, 0) is 4.74 Å². The second-order valence-corrected chi connectivity index (χ2v) is 7.35. The summed E-state index contributed by atoms with van der Waals surface area (Å²) in [5.74, 6) is 0.326. The Hall–Kier alpha value is -2.12. The first kappa shape index (κ1) is 18.7. The van der Waals surface area contributed by atoms with Gasteiger partial charge in [0, 0.05) is 24.6 Å². The van der Waals surface area contributed by atoms with E-state index < -0.39 is 0 Å². The lowest BCUT2D eigenvalue weighted by Crippen LogP contribution is -2.14. The molecule has 1 aliphatic carbocycles. The molecule has 3 rings (SSSR count). The fourth-order valence-corrected chi connectivity index (χ4v) is 4.08. The first-order valence-corrected chi connectivity index (χ1v) is 9.65. The van der Waals surface area contributed by atoms with Crippen molar-refractivity contribution in [3.63, 3.8) is 0 Å². The van der Waals surface area contributed by atoms with Gasteiger partial charge in [0.05, 0.1) is 24.1 Å². The van der Waals surface area contributed by atoms with Gasteiger partial charge < -0.3 is 14.8 Å². The first-order valence-electron chi connectivity index (χ1n) is 8.77. The van der Waals surface area contributed by atoms with Crippen molar-refractivity contribution in [2.24, 2.45) is 0 Å². The zero-order valence-electron chi connectivity index (χ0n) is 14.8. The van der Waals surface area contributed by atoms with Crippen LogP contribution >= 0.6 is 11.8 Å². The van der Waals surface area contributed by atoms with Crippen molar-refractivity contribution in [3.8, 4) is 5.88 Å². The number of rotatable bonds is 8. The lowest BCUT2D eigenvalue weighted by molar-refractivity contribution is 0.102. The quantitative estimate of drug-likeness (QED) is 0.710. The average Bonchev–Trinajstić information content (AvgIpc) is 3.17. The van der Waals surface area contributed by atoms with E-state index >= 15 is 0 Å². The summed E-state index contributed by atoms with van der Waals surface area (Å²) in [5.41, 5.74) is 1.22. The maximum atomic E-state index is 12.7. The number of hydrogen-bond donors (Lipinski definition) is 1. The van der Waals surface area contributed by atoms with E-state index in [1.54, 1.807) is 49.5 Å². The predicted octanol–water partition coefficient (Wildman–Crippen LogP) is 3.79. The van der Waals surface area contributed by atoms with Gasteiger partial charge in [-0.05, 0) is 31.0 Å². The van der Waals surface area contributed by atoms with Gasteiger partial charge in [0.2, 0.25) is 5.88 Å². The molecule has 0 aromatic carbocycles. The third kappa shape index (κ3) is 5.19. The lowest BCUT2D eigenvalue weighted by atomic mass is 10.2. The largest absolute Gasteiger partial charge is 0.475 e. The van der Waals surface area contributed by atoms with Gasteiger partial charge in [-0.1, -0.05) is 12.8 Å². The number of aromatic nitrogens is 2. The normalized spacial score (nSPS) is 14.3. The molecule has 2 aromatic rings. The van der Waals surface area contributed by atoms with Crippen LogP contribution in [-0.4, -0.2) is 41.4 Å². The molecule has 138 valence electrons. The van der Waals surface area contributed by atoms with Gasteiger partial charge >= 0.3 is 0 Å². The summed E-state index contributed by atoms with van der Waals surface area (Å²) in [7, 11) is 1.62. The summed E-state index contributed by atoms with van der Waals surface area (Å²) >= 11 is 1.71. The Morgan fingerprint density at radius 2 is 2.08 bits per heavy atom. The predicted molar refractivity (Wildman–Crippen MR) is 102 cm³/mol. The van der Waals surface area contributed by atoms with E-state index in [1.807, 2.05) is 6.07 Å². The van der Waals surface area contributed by atoms with Crippen LogP contribution in [0.1, 0.15) is 36.0 Å². The summed E-state index contributed by atoms with van der Waals surface area (Å²) in [5, 5.41) is 4.24. The number of anilines is 1. The molecular weight excluding hydrogens is 350 g/mol. The number of nitrogens with one attached hydrogen (secondary N) is 1. The molecular formula is C19H23N3O3S. The maximum Gasteiger partial charge on any atom is 0.258 e. The van der Waals surface area contributed by atoms with E-state index in [0.29, 0.717) is 35.6 Å². The van der Waals surface area contributed by atoms with E-state index in [9.17, 15) is 4.79 Å². The molecule has 0 saturated heterocycles. The zero-order valence-corrected chi connectivity index (χ0v) is 15.6. The van der Waals surface area contributed by atoms with Crippen molar-refractivity contribution in [3.05, 3.63) is 42.2 Å². The van der Waals surface area contributed by atoms with E-state index in [4.69, 9.17) is 9.47 Å². The van der Waals surface area contributed by atoms with Crippen molar-refractivity contribution in [2.45, 2.75) is 36.0 Å². The average molecular weight is 373 g/mol. The Labute approximate surface area is 157 Å². The van der Waals surface area contributed by atoms with E-state index in [1.165, 1.54) is 25.7 Å². The minimum atomic E-state index is -0.173. The Kier molecular flexibility index (Phi) is 6.85. The summed E-state index contributed by atoms with van der Waals surface area (Å²) < 4.78 is 10.4. The van der Waals surface area contributed by atoms with Crippen LogP contribution < -0.4 is 10.1 Å². The molecule has 0 aliphatic heterocycles. The topological polar surface area (TPSA) is 73.3 Å². The molecule has 2 heterocycles. The molecule has 0 radical (unpaired) electrons. The smallest absolute Gasteiger partial charge is 0.258 e. The maximum absolute atomic E-state index is 12.7. The van der Waals surface area contributed by atoms with E-state index in [0.717, 1.165) is 5.03 Å². The summed E-state index contributed by atoms with van der Waals surface area (Å²) in [6.07, 6.45) is 8.22. The number of thioether (sulfide) groups is 1. The highest BCUT2D eigenvalue weighted by atomic mass is 32.2. The molecule has 1 fully saturated rings. The Morgan fingerprint density at radius 1 is 1.23 bits per heavy atom. The Morgan fingerprint density at radius 3 is 2.81 bits per heavy atom. The van der Waals surface area contributed by atoms with E-state index in [-0.39, 0.29) is 5.91 Å². The second kappa shape index (κ2) is 9.54. The molecule has 1 amide bonds. The van der Waals surface area contributed by atoms with Crippen LogP contribution in [0.15, 0.2) is 41.7 Å². The van der Waals surface area contributed by atoms with E-state index in [2.05, 4.69) is 15.3 Å². The van der Waals surface area contributed by atoms with Gasteiger partial charge in [-0.2, -0.15) is 0 Å². The molecule has 1 saturated carbocycles. The standard InChI is InChI=1S/C19H23N3O3S/c1-24-11-12-25-17-9-8-14(13-21-17)22-18(23)16-7-4-10-20-19(16)26-15-5-2-3-6-15/h4,7-10,13,15H,2-3,5-6,11-12H2,1H3,(H,22,23). The fourth-order valence-electron chi connectivity index (χ4n) is 2.79. The second-order valence-electron chi connectivity index (χ2n) is 6.06. The SMILES string of the molecule is COCCOc1ccc(NC(=O)c2cccnc2SC2CCCC2)cn1. The Bertz CT molecular complexity index is 718. The third-order valence-electron chi connectivity index (χ3n) is 4.13. The van der Waals surface area contributed by atoms with Gasteiger partial charge in [0.1, 0.15) is 11.6 Å². The summed E-state index contributed by atoms with van der Waals surface area (Å²) in [6, 6.07) is 7.10. The molecule has 7 heteroatoms. The van der Waals surface area contributed by atoms with Crippen LogP contribution in [0.5, 0.6) is 5.88 Å². The minimum absolute atomic E-state index is 0.173. The van der Waals surface area contributed by atoms with Crippen LogP contribution in [0.3, 0.4) is 0 Å². The van der Waals surface area contributed by atoms with Crippen molar-refractivity contribution >= 4 is 23.4 Å². The molecule has 1 aliphatic rings. The molecule has 0 bridgehead atoms. The Balaban J connectivity index is 1.62. The zero-order chi connectivity index (χ0) is 18.2. The van der Waals surface area contributed by atoms with Gasteiger partial charge in [0.25, 0.3) is 5.91 Å². The molecule has 2 aromatic heterocycles. The molecule has 0 spiro atoms. The number of nitrogens with zero attached hydrogens (tertiary/aromatic N) is 2. The number of carbonyl (C=O) groups excluding carboxylic acids is 1. The van der Waals surface area contributed by atoms with Crippen LogP contribution in [0.4, 0.5) is 5.69 Å². The fraction of sp³-hybridized carbons (Fsp3) is 0.421. The highest BCUT2D eigenvalue weighted by Crippen LogP contribution is 2.35. The number of hydrogen-bond acceptors (Lipinski definition) is 6. The number of ether oxygens (including phenoxy) is 2. The van der Waals surface area contributed by atoms with Crippen LogP contribution in [0, 0.1) is 0 Å². The minimum Gasteiger partial charge on any atom is -0.475 e. The summed E-state index contributed by atoms with van der Waals surface area (Å²) in [6.45, 7) is 0.940. The van der Waals surface area contributed by atoms with Crippen LogP contribution in [0.25, 0.3) is 0 Å². The highest BCUT2D eigenvalue weighted by Gasteiger charge is 2.20. The number of amides is 1. The highest BCUT2D eigenvalue weighted by molar-refractivity contribution is 7.99. The van der Waals surface area contributed by atoms with Crippen molar-refractivity contribution < 1.29 is 14.3 Å². The molecule has 1 N–H and O–H groups in total. The number of methoxy groups -OCH3 is 1. The first-order chi connectivity index (χ1) is 12.8. The molecule has 0 unspecified atom stereocenters. The molecule has 6 nitrogen and oxygen atoms in total. The lowest BCUT2D eigenvalue weighted by Gasteiger charge is -2.12. The van der Waals surface area contributed by atoms with Gasteiger partial charge in [0.15, 0.2) is 0 Å². The molecule has 26 heavy (non-hydrogen) atoms. The number of pyridine rings is 2. The third-order valence-corrected chi connectivity index (χ3v) is 5.48. The monoisotopic (exact) mass is 373 g/mol. The molecule has 0 atom stereocenters. The number of carbonyl (C=O) groups is 1. The van der Waals surface area contributed by atoms with Crippen molar-refractivity contribution in [1.82, 2.24) is 9.97 Å². The van der Waals surface area contributed by atoms with Crippen molar-refractivity contribution in [1.29, 1.82) is 0 Å².